The van der Waals surface area contributed by atoms with E-state index in [1.165, 1.54) is 0 Å². The Labute approximate surface area is 92.5 Å². The second-order valence-corrected chi connectivity index (χ2v) is 3.36. The first-order valence-electron chi connectivity index (χ1n) is 4.64. The number of amides is 2. The van der Waals surface area contributed by atoms with Crippen LogP contribution in [0.3, 0.4) is 0 Å². The van der Waals surface area contributed by atoms with Crippen molar-refractivity contribution in [2.24, 2.45) is 12.8 Å². The first-order chi connectivity index (χ1) is 7.43. The van der Waals surface area contributed by atoms with Gasteiger partial charge in [-0.05, 0) is 13.8 Å². The van der Waals surface area contributed by atoms with Crippen molar-refractivity contribution in [3.05, 3.63) is 17.0 Å². The van der Waals surface area contributed by atoms with E-state index in [0.29, 0.717) is 11.3 Å². The molecular formula is C9H14N4O3. The molecule has 0 atom stereocenters. The van der Waals surface area contributed by atoms with Crippen LogP contribution < -0.4 is 11.2 Å². The summed E-state index contributed by atoms with van der Waals surface area (Å²) in [7, 11) is 1.74. The van der Waals surface area contributed by atoms with E-state index < -0.39 is 11.8 Å². The predicted molar refractivity (Wildman–Crippen MR) is 55.3 cm³/mol. The van der Waals surface area contributed by atoms with Crippen LogP contribution in [0.4, 0.5) is 0 Å². The van der Waals surface area contributed by atoms with Crippen LogP contribution in [0.15, 0.2) is 0 Å². The molecular weight excluding hydrogens is 212 g/mol. The average Bonchev–Trinajstić information content (AvgIpc) is 2.40. The molecule has 0 radical (unpaired) electrons. The van der Waals surface area contributed by atoms with Crippen molar-refractivity contribution in [3.63, 3.8) is 0 Å². The summed E-state index contributed by atoms with van der Waals surface area (Å²) in [5, 5.41) is 4.08. The van der Waals surface area contributed by atoms with Gasteiger partial charge >= 0.3 is 0 Å². The standard InChI is InChI=1S/C9H14N4O3/c1-5-8(6(2)13(3)11-5)9(15)12-16-4-7(10)14/h4H2,1-3H3,(H2,10,14)(H,12,15). The maximum Gasteiger partial charge on any atom is 0.278 e. The van der Waals surface area contributed by atoms with Crippen molar-refractivity contribution < 1.29 is 14.4 Å². The molecule has 0 spiro atoms. The topological polar surface area (TPSA) is 99.2 Å². The third-order valence-corrected chi connectivity index (χ3v) is 2.12. The number of nitrogens with zero attached hydrogens (tertiary/aromatic N) is 2. The average molecular weight is 226 g/mol. The highest BCUT2D eigenvalue weighted by atomic mass is 16.7. The van der Waals surface area contributed by atoms with Crippen LogP contribution in [-0.4, -0.2) is 28.2 Å². The molecule has 0 saturated heterocycles. The lowest BCUT2D eigenvalue weighted by Crippen LogP contribution is -2.30. The van der Waals surface area contributed by atoms with Gasteiger partial charge in [-0.25, -0.2) is 5.48 Å². The molecule has 1 heterocycles. The minimum Gasteiger partial charge on any atom is -0.368 e. The second-order valence-electron chi connectivity index (χ2n) is 3.36. The molecule has 1 rings (SSSR count). The zero-order chi connectivity index (χ0) is 12.3. The highest BCUT2D eigenvalue weighted by Crippen LogP contribution is 2.11. The number of carbonyl (C=O) groups excluding carboxylic acids is 2. The van der Waals surface area contributed by atoms with Gasteiger partial charge in [-0.2, -0.15) is 5.10 Å². The maximum absolute atomic E-state index is 11.6. The van der Waals surface area contributed by atoms with E-state index in [1.807, 2.05) is 0 Å². The van der Waals surface area contributed by atoms with Crippen molar-refractivity contribution in [3.8, 4) is 0 Å². The minimum atomic E-state index is -0.653. The number of rotatable bonds is 4. The minimum absolute atomic E-state index is 0.357. The number of hydroxylamine groups is 1. The molecule has 0 aromatic carbocycles. The third-order valence-electron chi connectivity index (χ3n) is 2.12. The molecule has 0 aliphatic carbocycles. The van der Waals surface area contributed by atoms with Crippen molar-refractivity contribution in [2.45, 2.75) is 13.8 Å². The maximum atomic E-state index is 11.6. The van der Waals surface area contributed by atoms with Gasteiger partial charge in [0.05, 0.1) is 11.3 Å². The summed E-state index contributed by atoms with van der Waals surface area (Å²) in [6.07, 6.45) is 0. The highest BCUT2D eigenvalue weighted by molar-refractivity contribution is 5.95. The fraction of sp³-hybridized carbons (Fsp3) is 0.444. The van der Waals surface area contributed by atoms with Gasteiger partial charge in [-0.15, -0.1) is 0 Å². The Bertz CT molecular complexity index is 425. The molecule has 1 aromatic rings. The highest BCUT2D eigenvalue weighted by Gasteiger charge is 2.17. The Morgan fingerprint density at radius 2 is 2.12 bits per heavy atom. The quantitative estimate of drug-likeness (QED) is 0.655. The van der Waals surface area contributed by atoms with Gasteiger partial charge in [0.25, 0.3) is 5.91 Å². The summed E-state index contributed by atoms with van der Waals surface area (Å²) in [5.74, 6) is -1.09. The van der Waals surface area contributed by atoms with Gasteiger partial charge in [0.2, 0.25) is 5.91 Å². The Morgan fingerprint density at radius 1 is 1.50 bits per heavy atom. The van der Waals surface area contributed by atoms with Crippen molar-refractivity contribution in [1.29, 1.82) is 0 Å². The van der Waals surface area contributed by atoms with E-state index in [0.717, 1.165) is 5.69 Å². The first kappa shape index (κ1) is 12.2. The fourth-order valence-electron chi connectivity index (χ4n) is 1.33. The molecule has 0 saturated carbocycles. The zero-order valence-corrected chi connectivity index (χ0v) is 9.40. The molecule has 3 N–H and O–H groups in total. The summed E-state index contributed by atoms with van der Waals surface area (Å²) in [6.45, 7) is 3.13. The zero-order valence-electron chi connectivity index (χ0n) is 9.40. The molecule has 0 aliphatic heterocycles. The monoisotopic (exact) mass is 226 g/mol. The van der Waals surface area contributed by atoms with E-state index in [2.05, 4.69) is 15.4 Å². The van der Waals surface area contributed by atoms with Gasteiger partial charge in [-0.1, -0.05) is 0 Å². The smallest absolute Gasteiger partial charge is 0.278 e. The molecule has 7 heteroatoms. The number of nitrogens with one attached hydrogen (secondary N) is 1. The number of carbonyl (C=O) groups is 2. The van der Waals surface area contributed by atoms with E-state index in [9.17, 15) is 9.59 Å². The molecule has 0 unspecified atom stereocenters. The van der Waals surface area contributed by atoms with Gasteiger partial charge in [-0.3, -0.25) is 19.1 Å². The number of hydrogen-bond donors (Lipinski definition) is 2. The molecule has 0 aliphatic rings. The van der Waals surface area contributed by atoms with Crippen LogP contribution in [0.5, 0.6) is 0 Å². The van der Waals surface area contributed by atoms with Gasteiger partial charge in [0.1, 0.15) is 0 Å². The number of primary amides is 1. The lowest BCUT2D eigenvalue weighted by molar-refractivity contribution is -0.124. The Hall–Kier alpha value is -1.89. The number of hydrogen-bond acceptors (Lipinski definition) is 4. The number of aryl methyl sites for hydroxylation is 2. The van der Waals surface area contributed by atoms with E-state index in [1.54, 1.807) is 25.6 Å². The number of aromatic nitrogens is 2. The fourth-order valence-corrected chi connectivity index (χ4v) is 1.33. The van der Waals surface area contributed by atoms with Crippen molar-refractivity contribution >= 4 is 11.8 Å². The van der Waals surface area contributed by atoms with E-state index >= 15 is 0 Å². The molecule has 0 bridgehead atoms. The van der Waals surface area contributed by atoms with Gasteiger partial charge in [0.15, 0.2) is 6.61 Å². The molecule has 1 aromatic heterocycles. The second kappa shape index (κ2) is 4.75. The SMILES string of the molecule is Cc1nn(C)c(C)c1C(=O)NOCC(N)=O. The van der Waals surface area contributed by atoms with Crippen LogP contribution >= 0.6 is 0 Å². The van der Waals surface area contributed by atoms with Crippen LogP contribution in [-0.2, 0) is 16.7 Å². The van der Waals surface area contributed by atoms with Crippen LogP contribution in [0.1, 0.15) is 21.7 Å². The van der Waals surface area contributed by atoms with Gasteiger partial charge < -0.3 is 5.73 Å². The van der Waals surface area contributed by atoms with E-state index in [-0.39, 0.29) is 6.61 Å². The van der Waals surface area contributed by atoms with Crippen molar-refractivity contribution in [1.82, 2.24) is 15.3 Å². The Kier molecular flexibility index (Phi) is 3.62. The summed E-state index contributed by atoms with van der Waals surface area (Å²) >= 11 is 0. The summed E-state index contributed by atoms with van der Waals surface area (Å²) < 4.78 is 1.60. The van der Waals surface area contributed by atoms with E-state index in [4.69, 9.17) is 5.73 Å². The van der Waals surface area contributed by atoms with Crippen LogP contribution in [0, 0.1) is 13.8 Å². The first-order valence-corrected chi connectivity index (χ1v) is 4.64. The molecule has 16 heavy (non-hydrogen) atoms. The van der Waals surface area contributed by atoms with Gasteiger partial charge in [0, 0.05) is 12.7 Å². The summed E-state index contributed by atoms with van der Waals surface area (Å²) in [5.41, 5.74) is 8.74. The predicted octanol–water partition coefficient (Wildman–Crippen LogP) is -0.816. The lowest BCUT2D eigenvalue weighted by atomic mass is 10.2. The molecule has 2 amide bonds. The van der Waals surface area contributed by atoms with Crippen molar-refractivity contribution in [2.75, 3.05) is 6.61 Å². The lowest BCUT2D eigenvalue weighted by Gasteiger charge is -2.04. The van der Waals surface area contributed by atoms with Crippen LogP contribution in [0.25, 0.3) is 0 Å². The molecule has 88 valence electrons. The Balaban J connectivity index is 2.70. The largest absolute Gasteiger partial charge is 0.368 e. The summed E-state index contributed by atoms with van der Waals surface area (Å²) in [6, 6.07) is 0. The molecule has 7 nitrogen and oxygen atoms in total. The summed E-state index contributed by atoms with van der Waals surface area (Å²) in [4.78, 5) is 26.6. The number of nitrogens with two attached hydrogens (primary N) is 1. The third kappa shape index (κ3) is 2.57. The molecule has 0 fully saturated rings. The van der Waals surface area contributed by atoms with Crippen LogP contribution in [0.2, 0.25) is 0 Å². The normalized spacial score (nSPS) is 10.2. The Morgan fingerprint density at radius 3 is 2.56 bits per heavy atom.